The summed E-state index contributed by atoms with van der Waals surface area (Å²) < 4.78 is 50.5. The van der Waals surface area contributed by atoms with Crippen molar-refractivity contribution in [2.75, 3.05) is 19.7 Å². The van der Waals surface area contributed by atoms with Crippen molar-refractivity contribution in [2.45, 2.75) is 19.0 Å². The van der Waals surface area contributed by atoms with E-state index in [4.69, 9.17) is 26.2 Å². The van der Waals surface area contributed by atoms with Crippen LogP contribution in [0.4, 0.5) is 17.6 Å². The van der Waals surface area contributed by atoms with Gasteiger partial charge < -0.3 is 15.2 Å². The van der Waals surface area contributed by atoms with Crippen molar-refractivity contribution < 1.29 is 32.2 Å². The molecule has 3 rings (SSSR count). The van der Waals surface area contributed by atoms with E-state index in [9.17, 15) is 17.6 Å². The molecule has 2 atom stereocenters. The van der Waals surface area contributed by atoms with E-state index in [1.165, 1.54) is 25.0 Å². The molecular formula is C16H18ClF4NO3. The summed E-state index contributed by atoms with van der Waals surface area (Å²) in [5.74, 6) is -0.420. The van der Waals surface area contributed by atoms with Gasteiger partial charge in [-0.15, -0.1) is 0 Å². The Balaban J connectivity index is 0.000000277. The van der Waals surface area contributed by atoms with Gasteiger partial charge in [-0.25, -0.2) is 9.18 Å². The van der Waals surface area contributed by atoms with Gasteiger partial charge >= 0.3 is 12.1 Å². The third kappa shape index (κ3) is 5.47. The first-order valence-corrected chi connectivity index (χ1v) is 8.15. The number of hydrogen-bond acceptors (Lipinski definition) is 3. The van der Waals surface area contributed by atoms with Gasteiger partial charge in [0.05, 0.1) is 11.6 Å². The first-order valence-electron chi connectivity index (χ1n) is 7.77. The lowest BCUT2D eigenvalue weighted by Crippen LogP contribution is -2.40. The molecule has 1 aliphatic heterocycles. The average Bonchev–Trinajstić information content (AvgIpc) is 2.74. The standard InChI is InChI=1S/C14H17ClFNO.C2HF3O2/c15-13-5-11(16)3-4-14(13)18-8-12-9-1-2-10(12)7-17-6-9;3-2(4,5)1(6)7/h3-5,9-10,12,17H,1-2,6-8H2;(H,6,7). The summed E-state index contributed by atoms with van der Waals surface area (Å²) >= 11 is 5.96. The minimum atomic E-state index is -5.08. The van der Waals surface area contributed by atoms with E-state index in [0.29, 0.717) is 23.3 Å². The molecule has 1 aromatic carbocycles. The molecule has 1 aromatic rings. The monoisotopic (exact) mass is 383 g/mol. The molecule has 2 N–H and O–H groups in total. The molecule has 1 heterocycles. The summed E-state index contributed by atoms with van der Waals surface area (Å²) in [6.45, 7) is 2.89. The highest BCUT2D eigenvalue weighted by Crippen LogP contribution is 2.39. The van der Waals surface area contributed by atoms with Crippen LogP contribution in [0.15, 0.2) is 18.2 Å². The van der Waals surface area contributed by atoms with E-state index in [-0.39, 0.29) is 5.82 Å². The maximum absolute atomic E-state index is 12.9. The van der Waals surface area contributed by atoms with E-state index >= 15 is 0 Å². The minimum Gasteiger partial charge on any atom is -0.492 e. The molecule has 1 aliphatic carbocycles. The molecule has 0 spiro atoms. The number of carbonyl (C=O) groups is 1. The second-order valence-electron chi connectivity index (χ2n) is 6.11. The number of carboxylic acid groups (broad SMARTS) is 1. The molecule has 0 aromatic heterocycles. The van der Waals surface area contributed by atoms with E-state index in [1.54, 1.807) is 6.07 Å². The van der Waals surface area contributed by atoms with Gasteiger partial charge in [0.25, 0.3) is 0 Å². The number of piperidine rings is 1. The number of carboxylic acids is 1. The fourth-order valence-electron chi connectivity index (χ4n) is 3.25. The highest BCUT2D eigenvalue weighted by atomic mass is 35.5. The van der Waals surface area contributed by atoms with Crippen LogP contribution in [0.25, 0.3) is 0 Å². The Morgan fingerprint density at radius 1 is 1.28 bits per heavy atom. The van der Waals surface area contributed by atoms with Crippen molar-refractivity contribution in [1.82, 2.24) is 5.32 Å². The predicted molar refractivity (Wildman–Crippen MR) is 83.2 cm³/mol. The number of hydrogen-bond donors (Lipinski definition) is 2. The molecule has 2 aliphatic rings. The average molecular weight is 384 g/mol. The lowest BCUT2D eigenvalue weighted by Gasteiger charge is -2.30. The lowest BCUT2D eigenvalue weighted by molar-refractivity contribution is -0.192. The van der Waals surface area contributed by atoms with Crippen LogP contribution in [0.3, 0.4) is 0 Å². The smallest absolute Gasteiger partial charge is 0.490 e. The van der Waals surface area contributed by atoms with Crippen molar-refractivity contribution in [1.29, 1.82) is 0 Å². The van der Waals surface area contributed by atoms with Crippen LogP contribution < -0.4 is 10.1 Å². The molecule has 4 nitrogen and oxygen atoms in total. The van der Waals surface area contributed by atoms with Crippen LogP contribution in [-0.4, -0.2) is 36.9 Å². The van der Waals surface area contributed by atoms with Gasteiger partial charge in [0.1, 0.15) is 11.6 Å². The zero-order chi connectivity index (χ0) is 18.6. The molecule has 2 bridgehead atoms. The molecule has 1 saturated carbocycles. The number of benzene rings is 1. The first-order chi connectivity index (χ1) is 11.7. The Morgan fingerprint density at radius 3 is 2.32 bits per heavy atom. The maximum atomic E-state index is 12.9. The Hall–Kier alpha value is -1.54. The fraction of sp³-hybridized carbons (Fsp3) is 0.562. The van der Waals surface area contributed by atoms with Crippen molar-refractivity contribution in [3.05, 3.63) is 29.0 Å². The maximum Gasteiger partial charge on any atom is 0.490 e. The molecule has 2 fully saturated rings. The summed E-state index contributed by atoms with van der Waals surface area (Å²) in [6, 6.07) is 4.30. The van der Waals surface area contributed by atoms with E-state index in [0.717, 1.165) is 24.9 Å². The van der Waals surface area contributed by atoms with E-state index in [1.807, 2.05) is 0 Å². The molecule has 25 heavy (non-hydrogen) atoms. The Kier molecular flexibility index (Phi) is 6.51. The number of aliphatic carboxylic acids is 1. The zero-order valence-corrected chi connectivity index (χ0v) is 13.9. The van der Waals surface area contributed by atoms with Gasteiger partial charge in [0.15, 0.2) is 0 Å². The molecule has 0 radical (unpaired) electrons. The number of ether oxygens (including phenoxy) is 1. The molecule has 9 heteroatoms. The molecule has 1 saturated heterocycles. The van der Waals surface area contributed by atoms with E-state index < -0.39 is 12.1 Å². The molecule has 0 amide bonds. The van der Waals surface area contributed by atoms with Gasteiger partial charge in [-0.2, -0.15) is 13.2 Å². The summed E-state index contributed by atoms with van der Waals surface area (Å²) in [4.78, 5) is 8.90. The van der Waals surface area contributed by atoms with Crippen molar-refractivity contribution in [2.24, 2.45) is 17.8 Å². The van der Waals surface area contributed by atoms with Crippen molar-refractivity contribution >= 4 is 17.6 Å². The van der Waals surface area contributed by atoms with Gasteiger partial charge in [0.2, 0.25) is 0 Å². The highest BCUT2D eigenvalue weighted by molar-refractivity contribution is 6.32. The third-order valence-corrected chi connectivity index (χ3v) is 4.80. The Labute approximate surface area is 147 Å². The third-order valence-electron chi connectivity index (χ3n) is 4.50. The molecule has 140 valence electrons. The van der Waals surface area contributed by atoms with Gasteiger partial charge in [-0.1, -0.05) is 11.6 Å². The van der Waals surface area contributed by atoms with Gasteiger partial charge in [-0.05, 0) is 56.0 Å². The van der Waals surface area contributed by atoms with E-state index in [2.05, 4.69) is 5.32 Å². The topological polar surface area (TPSA) is 58.6 Å². The SMILES string of the molecule is Fc1ccc(OCC2C3CCC2CNC3)c(Cl)c1.O=C(O)C(F)(F)F. The van der Waals surface area contributed by atoms with Crippen molar-refractivity contribution in [3.63, 3.8) is 0 Å². The second-order valence-corrected chi connectivity index (χ2v) is 6.52. The summed E-state index contributed by atoms with van der Waals surface area (Å²) in [5.41, 5.74) is 0. The number of alkyl halides is 3. The second kappa shape index (κ2) is 8.23. The summed E-state index contributed by atoms with van der Waals surface area (Å²) in [5, 5.41) is 10.9. The van der Waals surface area contributed by atoms with Crippen LogP contribution in [0.2, 0.25) is 5.02 Å². The van der Waals surface area contributed by atoms with Crippen LogP contribution in [0, 0.1) is 23.6 Å². The van der Waals surface area contributed by atoms with Gasteiger partial charge in [0, 0.05) is 5.92 Å². The predicted octanol–water partition coefficient (Wildman–Crippen LogP) is 3.74. The van der Waals surface area contributed by atoms with Crippen LogP contribution >= 0.6 is 11.6 Å². The fourth-order valence-corrected chi connectivity index (χ4v) is 3.47. The first kappa shape index (κ1) is 19.8. The summed E-state index contributed by atoms with van der Waals surface area (Å²) in [6.07, 6.45) is -2.49. The molecular weight excluding hydrogens is 366 g/mol. The Morgan fingerprint density at radius 2 is 1.84 bits per heavy atom. The van der Waals surface area contributed by atoms with Crippen LogP contribution in [-0.2, 0) is 4.79 Å². The molecule has 2 unspecified atom stereocenters. The van der Waals surface area contributed by atoms with Crippen LogP contribution in [0.5, 0.6) is 5.75 Å². The number of halogens is 5. The number of rotatable bonds is 3. The Bertz CT molecular complexity index is 596. The van der Waals surface area contributed by atoms with Crippen LogP contribution in [0.1, 0.15) is 12.8 Å². The summed E-state index contributed by atoms with van der Waals surface area (Å²) in [7, 11) is 0. The normalized spacial score (nSPS) is 25.1. The van der Waals surface area contributed by atoms with Gasteiger partial charge in [-0.3, -0.25) is 0 Å². The minimum absolute atomic E-state index is 0.325. The highest BCUT2D eigenvalue weighted by Gasteiger charge is 2.39. The quantitative estimate of drug-likeness (QED) is 0.781. The largest absolute Gasteiger partial charge is 0.492 e. The lowest BCUT2D eigenvalue weighted by atomic mass is 9.87. The van der Waals surface area contributed by atoms with Crippen molar-refractivity contribution in [3.8, 4) is 5.75 Å². The number of nitrogens with one attached hydrogen (secondary N) is 1. The zero-order valence-electron chi connectivity index (χ0n) is 13.2. The number of fused-ring (bicyclic) bond motifs is 2.